The Morgan fingerprint density at radius 1 is 1.20 bits per heavy atom. The number of nitrogen functional groups attached to an aromatic ring is 1. The van der Waals surface area contributed by atoms with Crippen molar-refractivity contribution in [1.82, 2.24) is 9.97 Å². The lowest BCUT2D eigenvalue weighted by Gasteiger charge is -2.13. The third-order valence-corrected chi connectivity index (χ3v) is 3.64. The number of hydrogen-bond donors (Lipinski definition) is 2. The average Bonchev–Trinajstić information content (AvgIpc) is 2.56. The van der Waals surface area contributed by atoms with Gasteiger partial charge in [0, 0.05) is 23.0 Å². The molecule has 3 N–H and O–H groups in total. The number of benzene rings is 1. The van der Waals surface area contributed by atoms with Crippen molar-refractivity contribution >= 4 is 35.1 Å². The Balaban J connectivity index is 1.94. The second kappa shape index (κ2) is 8.38. The van der Waals surface area contributed by atoms with E-state index >= 15 is 0 Å². The molecule has 0 saturated heterocycles. The number of alkyl halides is 2. The molecule has 25 heavy (non-hydrogen) atoms. The second-order valence-electron chi connectivity index (χ2n) is 4.73. The SMILES string of the molecule is C[C@H](OC(=O)c1nccnc1N)C(=O)Nc1ccc(SC(F)F)cc1. The van der Waals surface area contributed by atoms with Crippen LogP contribution in [0.3, 0.4) is 0 Å². The Labute approximate surface area is 146 Å². The standard InChI is InChI=1S/C15H14F2N4O3S/c1-8(24-14(23)11-12(18)20-7-6-19-11)13(22)21-9-2-4-10(5-3-9)25-15(16)17/h2-8,15H,1H3,(H2,18,20)(H,21,22)/t8-/m0/s1. The molecule has 2 aromatic rings. The third kappa shape index (κ3) is 5.38. The molecule has 0 radical (unpaired) electrons. The van der Waals surface area contributed by atoms with E-state index in [1.54, 1.807) is 0 Å². The van der Waals surface area contributed by atoms with Gasteiger partial charge in [-0.25, -0.2) is 14.8 Å². The maximum Gasteiger partial charge on any atom is 0.361 e. The number of halogens is 2. The number of carbonyl (C=O) groups is 2. The Morgan fingerprint density at radius 3 is 2.44 bits per heavy atom. The smallest absolute Gasteiger partial charge is 0.361 e. The van der Waals surface area contributed by atoms with Crippen LogP contribution in [0, 0.1) is 0 Å². The van der Waals surface area contributed by atoms with E-state index < -0.39 is 23.7 Å². The molecule has 1 aromatic heterocycles. The Bertz CT molecular complexity index is 759. The molecule has 10 heteroatoms. The van der Waals surface area contributed by atoms with E-state index in [2.05, 4.69) is 15.3 Å². The lowest BCUT2D eigenvalue weighted by Crippen LogP contribution is -2.30. The van der Waals surface area contributed by atoms with Crippen molar-refractivity contribution in [3.63, 3.8) is 0 Å². The molecular weight excluding hydrogens is 354 g/mol. The van der Waals surface area contributed by atoms with E-state index in [0.29, 0.717) is 22.3 Å². The first-order valence-electron chi connectivity index (χ1n) is 7.00. The molecule has 0 aliphatic rings. The van der Waals surface area contributed by atoms with Gasteiger partial charge >= 0.3 is 5.97 Å². The van der Waals surface area contributed by atoms with E-state index in [4.69, 9.17) is 10.5 Å². The number of amides is 1. The fraction of sp³-hybridized carbons (Fsp3) is 0.200. The topological polar surface area (TPSA) is 107 Å². The molecule has 1 heterocycles. The van der Waals surface area contributed by atoms with E-state index in [1.165, 1.54) is 43.6 Å². The molecule has 1 aromatic carbocycles. The van der Waals surface area contributed by atoms with Gasteiger partial charge in [-0.15, -0.1) is 0 Å². The first kappa shape index (κ1) is 18.6. The van der Waals surface area contributed by atoms with Crippen molar-refractivity contribution in [2.45, 2.75) is 23.7 Å². The zero-order valence-electron chi connectivity index (χ0n) is 13.0. The minimum absolute atomic E-state index is 0.104. The van der Waals surface area contributed by atoms with Gasteiger partial charge in [0.1, 0.15) is 0 Å². The van der Waals surface area contributed by atoms with E-state index in [0.717, 1.165) is 0 Å². The number of ether oxygens (including phenoxy) is 1. The maximum atomic E-state index is 12.3. The summed E-state index contributed by atoms with van der Waals surface area (Å²) in [5.74, 6) is -4.09. The molecule has 0 unspecified atom stereocenters. The number of aromatic nitrogens is 2. The molecule has 0 aliphatic heterocycles. The summed E-state index contributed by atoms with van der Waals surface area (Å²) in [4.78, 5) is 31.8. The highest BCUT2D eigenvalue weighted by molar-refractivity contribution is 7.99. The molecule has 0 fully saturated rings. The molecule has 0 spiro atoms. The van der Waals surface area contributed by atoms with Crippen LogP contribution in [0.2, 0.25) is 0 Å². The largest absolute Gasteiger partial charge is 0.448 e. The fourth-order valence-electron chi connectivity index (χ4n) is 1.74. The number of thioether (sulfide) groups is 1. The number of esters is 1. The van der Waals surface area contributed by atoms with Crippen LogP contribution in [0.4, 0.5) is 20.3 Å². The number of rotatable bonds is 6. The van der Waals surface area contributed by atoms with Crippen molar-refractivity contribution in [3.8, 4) is 0 Å². The van der Waals surface area contributed by atoms with Gasteiger partial charge in [-0.05, 0) is 31.2 Å². The Hall–Kier alpha value is -2.75. The lowest BCUT2D eigenvalue weighted by atomic mass is 10.3. The van der Waals surface area contributed by atoms with Gasteiger partial charge in [-0.3, -0.25) is 4.79 Å². The van der Waals surface area contributed by atoms with Gasteiger partial charge in [0.05, 0.1) is 0 Å². The summed E-state index contributed by atoms with van der Waals surface area (Å²) in [5, 5.41) is 2.51. The van der Waals surface area contributed by atoms with Gasteiger partial charge < -0.3 is 15.8 Å². The van der Waals surface area contributed by atoms with Crippen LogP contribution < -0.4 is 11.1 Å². The van der Waals surface area contributed by atoms with Gasteiger partial charge in [-0.1, -0.05) is 11.8 Å². The lowest BCUT2D eigenvalue weighted by molar-refractivity contribution is -0.123. The van der Waals surface area contributed by atoms with Crippen LogP contribution in [0.25, 0.3) is 0 Å². The zero-order chi connectivity index (χ0) is 18.4. The number of hydrogen-bond acceptors (Lipinski definition) is 7. The van der Waals surface area contributed by atoms with E-state index in [9.17, 15) is 18.4 Å². The minimum Gasteiger partial charge on any atom is -0.448 e. The van der Waals surface area contributed by atoms with Crippen LogP contribution in [-0.4, -0.2) is 33.7 Å². The van der Waals surface area contributed by atoms with Crippen LogP contribution >= 0.6 is 11.8 Å². The average molecular weight is 368 g/mol. The zero-order valence-corrected chi connectivity index (χ0v) is 13.8. The summed E-state index contributed by atoms with van der Waals surface area (Å²) in [7, 11) is 0. The second-order valence-corrected chi connectivity index (χ2v) is 5.79. The highest BCUT2D eigenvalue weighted by Gasteiger charge is 2.21. The summed E-state index contributed by atoms with van der Waals surface area (Å²) in [6.45, 7) is 1.38. The predicted molar refractivity (Wildman–Crippen MR) is 88.3 cm³/mol. The molecule has 2 rings (SSSR count). The normalized spacial score (nSPS) is 11.8. The number of nitrogens with two attached hydrogens (primary N) is 1. The number of anilines is 2. The number of carbonyl (C=O) groups excluding carboxylic acids is 2. The molecule has 0 aliphatic carbocycles. The van der Waals surface area contributed by atoms with Crippen molar-refractivity contribution in [2.75, 3.05) is 11.1 Å². The third-order valence-electron chi connectivity index (χ3n) is 2.92. The monoisotopic (exact) mass is 368 g/mol. The van der Waals surface area contributed by atoms with Gasteiger partial charge in [0.25, 0.3) is 11.7 Å². The van der Waals surface area contributed by atoms with Crippen LogP contribution in [0.15, 0.2) is 41.6 Å². The molecule has 0 saturated carbocycles. The summed E-state index contributed by atoms with van der Waals surface area (Å²) in [6, 6.07) is 5.84. The van der Waals surface area contributed by atoms with Crippen molar-refractivity contribution in [2.24, 2.45) is 0 Å². The molecular formula is C15H14F2N4O3S. The van der Waals surface area contributed by atoms with Gasteiger partial charge in [0.15, 0.2) is 17.6 Å². The van der Waals surface area contributed by atoms with Crippen molar-refractivity contribution < 1.29 is 23.1 Å². The van der Waals surface area contributed by atoms with Crippen LogP contribution in [0.1, 0.15) is 17.4 Å². The first-order chi connectivity index (χ1) is 11.9. The minimum atomic E-state index is -2.52. The van der Waals surface area contributed by atoms with E-state index in [1.807, 2.05) is 0 Å². The van der Waals surface area contributed by atoms with Crippen LogP contribution in [0.5, 0.6) is 0 Å². The molecule has 132 valence electrons. The highest BCUT2D eigenvalue weighted by atomic mass is 32.2. The summed E-state index contributed by atoms with van der Waals surface area (Å²) in [6.07, 6.45) is 1.47. The molecule has 1 atom stereocenters. The van der Waals surface area contributed by atoms with E-state index in [-0.39, 0.29) is 11.5 Å². The van der Waals surface area contributed by atoms with Gasteiger partial charge in [0.2, 0.25) is 0 Å². The molecule has 1 amide bonds. The Morgan fingerprint density at radius 2 is 1.84 bits per heavy atom. The van der Waals surface area contributed by atoms with Crippen LogP contribution in [-0.2, 0) is 9.53 Å². The maximum absolute atomic E-state index is 12.3. The van der Waals surface area contributed by atoms with Gasteiger partial charge in [-0.2, -0.15) is 8.78 Å². The Kier molecular flexibility index (Phi) is 6.23. The summed E-state index contributed by atoms with van der Waals surface area (Å²) >= 11 is 0.400. The fourth-order valence-corrected chi connectivity index (χ4v) is 2.24. The molecule has 0 bridgehead atoms. The molecule has 7 nitrogen and oxygen atoms in total. The number of nitrogens with zero attached hydrogens (tertiary/aromatic N) is 2. The quantitative estimate of drug-likeness (QED) is 0.596. The summed E-state index contributed by atoms with van der Waals surface area (Å²) in [5.41, 5.74) is 5.71. The summed E-state index contributed by atoms with van der Waals surface area (Å²) < 4.78 is 29.5. The predicted octanol–water partition coefficient (Wildman–Crippen LogP) is 2.56. The van der Waals surface area contributed by atoms with Crippen molar-refractivity contribution in [3.05, 3.63) is 42.4 Å². The van der Waals surface area contributed by atoms with Crippen molar-refractivity contribution in [1.29, 1.82) is 0 Å². The number of nitrogens with one attached hydrogen (secondary N) is 1. The first-order valence-corrected chi connectivity index (χ1v) is 7.88. The highest BCUT2D eigenvalue weighted by Crippen LogP contribution is 2.26.